The molecule has 1 heterocycles. The van der Waals surface area contributed by atoms with E-state index in [1.54, 1.807) is 48.5 Å². The molecule has 1 aromatic heterocycles. The zero-order valence-electron chi connectivity index (χ0n) is 15.9. The van der Waals surface area contributed by atoms with Gasteiger partial charge in [0.1, 0.15) is 4.90 Å². The molecule has 0 saturated carbocycles. The highest BCUT2D eigenvalue weighted by atomic mass is 35.5. The van der Waals surface area contributed by atoms with E-state index >= 15 is 0 Å². The molecule has 0 unspecified atom stereocenters. The number of halogens is 2. The molecule has 4 aromatic rings. The maximum absolute atomic E-state index is 13.3. The lowest BCUT2D eigenvalue weighted by molar-refractivity contribution is -0.526. The van der Waals surface area contributed by atoms with Crippen molar-refractivity contribution < 1.29 is 17.2 Å². The minimum Gasteiger partial charge on any atom is -0.324 e. The molecule has 10 heteroatoms. The Bertz CT molecular complexity index is 1370. The zero-order chi connectivity index (χ0) is 22.0. The van der Waals surface area contributed by atoms with Crippen molar-refractivity contribution in [2.75, 3.05) is 11.1 Å². The Morgan fingerprint density at radius 2 is 1.71 bits per heavy atom. The minimum absolute atomic E-state index is 0.0317. The number of hydrogen-bond acceptors (Lipinski definition) is 4. The summed E-state index contributed by atoms with van der Waals surface area (Å²) in [6, 6.07) is 20.0. The van der Waals surface area contributed by atoms with E-state index in [1.807, 2.05) is 6.07 Å². The fourth-order valence-electron chi connectivity index (χ4n) is 2.97. The van der Waals surface area contributed by atoms with Gasteiger partial charge in [0.05, 0.1) is 16.5 Å². The molecule has 2 N–H and O–H groups in total. The molecule has 0 bridgehead atoms. The molecule has 0 atom stereocenters. The first-order valence-electron chi connectivity index (χ1n) is 9.07. The second kappa shape index (κ2) is 8.92. The van der Waals surface area contributed by atoms with Crippen molar-refractivity contribution in [3.63, 3.8) is 0 Å². The number of hydrogen-bond donors (Lipinski definition) is 2. The van der Waals surface area contributed by atoms with Crippen LogP contribution in [0.5, 0.6) is 0 Å². The van der Waals surface area contributed by atoms with Gasteiger partial charge in [0.15, 0.2) is 11.0 Å². The van der Waals surface area contributed by atoms with Crippen molar-refractivity contribution in [1.82, 2.24) is 4.98 Å². The number of anilines is 1. The van der Waals surface area contributed by atoms with Crippen LogP contribution >= 0.6 is 35.0 Å². The van der Waals surface area contributed by atoms with Crippen molar-refractivity contribution in [2.45, 2.75) is 10.1 Å². The molecule has 4 rings (SSSR count). The summed E-state index contributed by atoms with van der Waals surface area (Å²) in [7, 11) is -3.87. The number of para-hydroxylation sites is 2. The van der Waals surface area contributed by atoms with E-state index in [1.165, 1.54) is 22.2 Å². The number of nitrogens with one attached hydrogen (secondary N) is 2. The zero-order valence-corrected chi connectivity index (χ0v) is 19.0. The Labute approximate surface area is 193 Å². The summed E-state index contributed by atoms with van der Waals surface area (Å²) in [6.07, 6.45) is 0. The maximum Gasteiger partial charge on any atom is 0.336 e. The van der Waals surface area contributed by atoms with Crippen LogP contribution in [0.2, 0.25) is 10.0 Å². The number of aromatic nitrogens is 2. The number of benzene rings is 3. The van der Waals surface area contributed by atoms with Crippen LogP contribution < -0.4 is 9.29 Å². The quantitative estimate of drug-likeness (QED) is 0.301. The van der Waals surface area contributed by atoms with Gasteiger partial charge in [-0.15, -0.1) is 3.97 Å². The van der Waals surface area contributed by atoms with E-state index < -0.39 is 10.0 Å². The normalized spacial score (nSPS) is 11.5. The molecule has 0 fully saturated rings. The molecule has 0 aliphatic carbocycles. The molecule has 1 amide bonds. The number of nitrogens with zero attached hydrogens (tertiary/aromatic N) is 1. The van der Waals surface area contributed by atoms with Gasteiger partial charge in [0.25, 0.3) is 0 Å². The standard InChI is InChI=1S/C21H15Cl2N3O3S2/c22-14-10-11-17(16(23)12-14)24-20(27)13-30-21-25-18-8-4-5-9-19(18)26(21)31(28,29)15-6-2-1-3-7-15/h1-12H,13H2,(H,24,27)/p+1. The third-order valence-corrected chi connectivity index (χ3v) is 7.73. The van der Waals surface area contributed by atoms with Gasteiger partial charge in [-0.05, 0) is 54.2 Å². The summed E-state index contributed by atoms with van der Waals surface area (Å²) in [5.74, 6) is -0.368. The summed E-state index contributed by atoms with van der Waals surface area (Å²) >= 11 is 13.1. The Kier molecular flexibility index (Phi) is 6.24. The molecular weight excluding hydrogens is 477 g/mol. The van der Waals surface area contributed by atoms with Gasteiger partial charge in [0.2, 0.25) is 5.91 Å². The van der Waals surface area contributed by atoms with Crippen LogP contribution in [-0.4, -0.2) is 25.1 Å². The first-order chi connectivity index (χ1) is 14.9. The summed E-state index contributed by atoms with van der Waals surface area (Å²) in [5.41, 5.74) is 1.57. The number of carbonyl (C=O) groups is 1. The maximum atomic E-state index is 13.3. The van der Waals surface area contributed by atoms with Crippen molar-refractivity contribution in [2.24, 2.45) is 0 Å². The molecule has 6 nitrogen and oxygen atoms in total. The molecular formula is C21H16Cl2N3O3S2+. The first-order valence-corrected chi connectivity index (χ1v) is 12.3. The van der Waals surface area contributed by atoms with E-state index in [2.05, 4.69) is 10.3 Å². The van der Waals surface area contributed by atoms with Gasteiger partial charge in [-0.1, -0.05) is 53.5 Å². The fraction of sp³-hybridized carbons (Fsp3) is 0.0476. The molecule has 0 aliphatic rings. The van der Waals surface area contributed by atoms with Crippen LogP contribution in [0.1, 0.15) is 0 Å². The number of H-pyrrole nitrogens is 1. The van der Waals surface area contributed by atoms with Gasteiger partial charge >= 0.3 is 15.2 Å². The van der Waals surface area contributed by atoms with E-state index in [9.17, 15) is 13.2 Å². The van der Waals surface area contributed by atoms with Crippen LogP contribution in [0.4, 0.5) is 5.69 Å². The lowest BCUT2D eigenvalue weighted by Crippen LogP contribution is -2.44. The highest BCUT2D eigenvalue weighted by Gasteiger charge is 2.31. The number of rotatable bonds is 6. The van der Waals surface area contributed by atoms with Crippen molar-refractivity contribution in [3.8, 4) is 0 Å². The van der Waals surface area contributed by atoms with Gasteiger partial charge in [0, 0.05) is 5.02 Å². The highest BCUT2D eigenvalue weighted by molar-refractivity contribution is 8.00. The van der Waals surface area contributed by atoms with E-state index in [4.69, 9.17) is 23.2 Å². The molecule has 158 valence electrons. The smallest absolute Gasteiger partial charge is 0.324 e. The van der Waals surface area contributed by atoms with Crippen LogP contribution in [0, 0.1) is 0 Å². The highest BCUT2D eigenvalue weighted by Crippen LogP contribution is 2.26. The molecule has 0 radical (unpaired) electrons. The molecule has 0 saturated heterocycles. The lowest BCUT2D eigenvalue weighted by atomic mass is 10.3. The van der Waals surface area contributed by atoms with Crippen LogP contribution in [-0.2, 0) is 14.8 Å². The summed E-state index contributed by atoms with van der Waals surface area (Å²) in [6.45, 7) is 0. The minimum atomic E-state index is -3.87. The Balaban J connectivity index is 1.64. The van der Waals surface area contributed by atoms with E-state index in [-0.39, 0.29) is 16.6 Å². The molecule has 0 spiro atoms. The molecule has 0 aliphatic heterocycles. The number of thioether (sulfide) groups is 1. The van der Waals surface area contributed by atoms with Gasteiger partial charge in [-0.25, -0.2) is 4.98 Å². The van der Waals surface area contributed by atoms with Gasteiger partial charge < -0.3 is 5.32 Å². The van der Waals surface area contributed by atoms with Crippen LogP contribution in [0.3, 0.4) is 0 Å². The first kappa shape index (κ1) is 21.7. The predicted molar refractivity (Wildman–Crippen MR) is 123 cm³/mol. The molecule has 31 heavy (non-hydrogen) atoms. The lowest BCUT2D eigenvalue weighted by Gasteiger charge is -2.07. The second-order valence-corrected chi connectivity index (χ2v) is 10.1. The Hall–Kier alpha value is -2.52. The number of amides is 1. The number of fused-ring (bicyclic) bond motifs is 1. The number of aromatic amines is 1. The predicted octanol–water partition coefficient (Wildman–Crippen LogP) is 4.73. The third-order valence-electron chi connectivity index (χ3n) is 4.38. The number of carbonyl (C=O) groups excluding carboxylic acids is 1. The Morgan fingerprint density at radius 1 is 1.00 bits per heavy atom. The monoisotopic (exact) mass is 492 g/mol. The largest absolute Gasteiger partial charge is 0.336 e. The SMILES string of the molecule is O=C(CSc1[nH]c2ccccc2[n+]1S(=O)(=O)c1ccccc1)Nc1ccc(Cl)cc1Cl. The van der Waals surface area contributed by atoms with Crippen molar-refractivity contribution in [3.05, 3.63) is 82.8 Å². The second-order valence-electron chi connectivity index (χ2n) is 6.49. The fourth-order valence-corrected chi connectivity index (χ4v) is 6.01. The van der Waals surface area contributed by atoms with Crippen LogP contribution in [0.15, 0.2) is 82.8 Å². The number of imidazole rings is 1. The summed E-state index contributed by atoms with van der Waals surface area (Å²) in [5, 5.41) is 3.81. The Morgan fingerprint density at radius 3 is 2.45 bits per heavy atom. The van der Waals surface area contributed by atoms with Crippen molar-refractivity contribution in [1.29, 1.82) is 0 Å². The topological polar surface area (TPSA) is 82.9 Å². The average Bonchev–Trinajstić information content (AvgIpc) is 3.14. The summed E-state index contributed by atoms with van der Waals surface area (Å²) < 4.78 is 27.9. The van der Waals surface area contributed by atoms with E-state index in [0.29, 0.717) is 31.9 Å². The van der Waals surface area contributed by atoms with Gasteiger partial charge in [-0.2, -0.15) is 8.42 Å². The third kappa shape index (κ3) is 4.57. The van der Waals surface area contributed by atoms with Crippen molar-refractivity contribution >= 4 is 67.6 Å². The average molecular weight is 493 g/mol. The summed E-state index contributed by atoms with van der Waals surface area (Å²) in [4.78, 5) is 15.7. The molecule has 3 aromatic carbocycles. The van der Waals surface area contributed by atoms with Crippen LogP contribution in [0.25, 0.3) is 11.0 Å². The van der Waals surface area contributed by atoms with Gasteiger partial charge in [-0.3, -0.25) is 4.79 Å². The van der Waals surface area contributed by atoms with E-state index in [0.717, 1.165) is 11.8 Å².